The molecule has 9 unspecified atom stereocenters. The monoisotopic (exact) mass is 754 g/mol. The van der Waals surface area contributed by atoms with Crippen molar-refractivity contribution in [1.29, 1.82) is 0 Å². The van der Waals surface area contributed by atoms with Crippen LogP contribution in [-0.4, -0.2) is 75.4 Å². The lowest BCUT2D eigenvalue weighted by molar-refractivity contribution is -0.145. The molecule has 1 aromatic carbocycles. The smallest absolute Gasteiger partial charge is 0.328 e. The molecule has 9 nitrogen and oxygen atoms in total. The molecule has 4 saturated carbocycles. The fraction of sp³-hybridized carbons (Fsp3) is 0.822. The summed E-state index contributed by atoms with van der Waals surface area (Å²) in [5, 5.41) is 23.6. The van der Waals surface area contributed by atoms with Gasteiger partial charge in [-0.25, -0.2) is 4.79 Å². The first-order chi connectivity index (χ1) is 26.2. The Morgan fingerprint density at radius 2 is 1.50 bits per heavy atom. The van der Waals surface area contributed by atoms with Crippen LogP contribution in [0.3, 0.4) is 0 Å². The molecule has 4 fully saturated rings. The fourth-order valence-corrected chi connectivity index (χ4v) is 11.5. The highest BCUT2D eigenvalue weighted by atomic mass is 16.5. The summed E-state index contributed by atoms with van der Waals surface area (Å²) in [4.78, 5) is 25.5. The third kappa shape index (κ3) is 11.9. The maximum absolute atomic E-state index is 13.0. The summed E-state index contributed by atoms with van der Waals surface area (Å²) in [6.45, 7) is 15.5. The summed E-state index contributed by atoms with van der Waals surface area (Å²) in [5.41, 5.74) is 7.30. The van der Waals surface area contributed by atoms with Crippen LogP contribution in [0.15, 0.2) is 24.3 Å². The number of hydrogen-bond acceptors (Lipinski definition) is 8. The summed E-state index contributed by atoms with van der Waals surface area (Å²) in [6, 6.07) is 6.70. The maximum Gasteiger partial charge on any atom is 0.328 e. The lowest BCUT2D eigenvalue weighted by Crippen LogP contribution is -2.55. The quantitative estimate of drug-likeness (QED) is 0.0578. The van der Waals surface area contributed by atoms with Crippen molar-refractivity contribution in [3.05, 3.63) is 29.8 Å². The Balaban J connectivity index is 0.00000319. The Labute approximate surface area is 328 Å². The molecule has 4 aliphatic rings. The molecule has 5 rings (SSSR count). The number of esters is 1. The maximum atomic E-state index is 13.0. The highest BCUT2D eigenvalue weighted by Crippen LogP contribution is 2.67. The van der Waals surface area contributed by atoms with Crippen LogP contribution in [0.2, 0.25) is 0 Å². The van der Waals surface area contributed by atoms with Gasteiger partial charge in [-0.3, -0.25) is 4.79 Å². The van der Waals surface area contributed by atoms with Crippen molar-refractivity contribution in [2.75, 3.05) is 46.4 Å². The van der Waals surface area contributed by atoms with E-state index in [4.69, 9.17) is 10.5 Å². The van der Waals surface area contributed by atoms with Gasteiger partial charge in [0.05, 0.1) is 7.11 Å². The molecule has 1 amide bonds. The first-order valence-electron chi connectivity index (χ1n) is 22.2. The number of rotatable bonds is 21. The number of benzene rings is 1. The minimum Gasteiger partial charge on any atom is -0.508 e. The van der Waals surface area contributed by atoms with E-state index in [9.17, 15) is 14.7 Å². The van der Waals surface area contributed by atoms with E-state index in [0.29, 0.717) is 35.6 Å². The van der Waals surface area contributed by atoms with Crippen LogP contribution in [0.25, 0.3) is 0 Å². The van der Waals surface area contributed by atoms with Gasteiger partial charge in [0.2, 0.25) is 5.91 Å². The lowest BCUT2D eigenvalue weighted by Gasteiger charge is -2.61. The number of ether oxygens (including phenoxy) is 1. The van der Waals surface area contributed by atoms with Gasteiger partial charge in [-0.05, 0) is 194 Å². The zero-order valence-electron chi connectivity index (χ0n) is 34.9. The number of nitrogens with one attached hydrogen (secondary N) is 4. The van der Waals surface area contributed by atoms with Gasteiger partial charge in [-0.2, -0.15) is 0 Å². The highest BCUT2D eigenvalue weighted by Gasteiger charge is 2.59. The van der Waals surface area contributed by atoms with E-state index in [2.05, 4.69) is 35.1 Å². The number of unbranched alkanes of at least 4 members (excludes halogenated alkanes) is 1. The SMILES string of the molecule is CC.COC(=O)C(Cc1ccc(O)cc1)NC(=O)CCCC1CCC2C3CCC4CC(NCCCNCCCCNCCCN)CCC4(C)C3CCC12C. The zero-order valence-corrected chi connectivity index (χ0v) is 34.9. The number of hydrogen-bond donors (Lipinski definition) is 6. The minimum atomic E-state index is -0.726. The summed E-state index contributed by atoms with van der Waals surface area (Å²) in [7, 11) is 1.36. The van der Waals surface area contributed by atoms with Crippen molar-refractivity contribution in [1.82, 2.24) is 21.3 Å². The van der Waals surface area contributed by atoms with Crippen LogP contribution in [0, 0.1) is 40.4 Å². The molecule has 54 heavy (non-hydrogen) atoms. The Morgan fingerprint density at radius 3 is 2.20 bits per heavy atom. The van der Waals surface area contributed by atoms with Crippen LogP contribution >= 0.6 is 0 Å². The summed E-state index contributed by atoms with van der Waals surface area (Å²) in [5.74, 6) is 3.76. The molecule has 0 aromatic heterocycles. The molecular formula is C45H79N5O4. The average molecular weight is 754 g/mol. The second-order valence-corrected chi connectivity index (χ2v) is 17.5. The van der Waals surface area contributed by atoms with Crippen LogP contribution in [-0.2, 0) is 20.7 Å². The number of phenolic OH excluding ortho intramolecular Hbond substituents is 1. The number of fused-ring (bicyclic) bond motifs is 5. The van der Waals surface area contributed by atoms with Gasteiger partial charge in [-0.15, -0.1) is 0 Å². The van der Waals surface area contributed by atoms with Crippen molar-refractivity contribution in [3.63, 3.8) is 0 Å². The molecule has 9 atom stereocenters. The topological polar surface area (TPSA) is 138 Å². The van der Waals surface area contributed by atoms with Crippen molar-refractivity contribution in [3.8, 4) is 5.75 Å². The van der Waals surface area contributed by atoms with Crippen molar-refractivity contribution in [2.45, 2.75) is 149 Å². The van der Waals surface area contributed by atoms with E-state index in [1.807, 2.05) is 13.8 Å². The van der Waals surface area contributed by atoms with E-state index < -0.39 is 12.0 Å². The van der Waals surface area contributed by atoms with Gasteiger partial charge in [0.1, 0.15) is 11.8 Å². The highest BCUT2D eigenvalue weighted by molar-refractivity contribution is 5.84. The molecule has 0 radical (unpaired) electrons. The van der Waals surface area contributed by atoms with Gasteiger partial charge in [-0.1, -0.05) is 39.8 Å². The van der Waals surface area contributed by atoms with Gasteiger partial charge in [0.25, 0.3) is 0 Å². The number of carbonyl (C=O) groups excluding carboxylic acids is 2. The number of nitrogens with two attached hydrogens (primary N) is 1. The van der Waals surface area contributed by atoms with E-state index in [-0.39, 0.29) is 11.7 Å². The molecule has 4 aliphatic carbocycles. The normalized spacial score (nSPS) is 30.6. The minimum absolute atomic E-state index is 0.0839. The molecule has 0 spiro atoms. The van der Waals surface area contributed by atoms with E-state index in [0.717, 1.165) is 87.8 Å². The Morgan fingerprint density at radius 1 is 0.833 bits per heavy atom. The van der Waals surface area contributed by atoms with Gasteiger partial charge in [0.15, 0.2) is 0 Å². The van der Waals surface area contributed by atoms with Crippen LogP contribution in [0.1, 0.15) is 136 Å². The van der Waals surface area contributed by atoms with Crippen LogP contribution < -0.4 is 27.0 Å². The standard InChI is InChI=1S/C43H73N5O4.C2H6/c1-42-22-20-38-36(17-13-33-30-34(19-21-43(33,38)2)47-28-8-27-46-25-5-4-24-45-26-7-23-44)37(42)18-14-32(42)9-6-10-40(50)48-39(41(51)52-3)29-31-11-15-35(49)16-12-31;1-2/h11-12,15-16,32-34,36-39,45-47,49H,4-10,13-14,17-30,44H2,1-3H3,(H,48,50);1-2H3. The fourth-order valence-electron chi connectivity index (χ4n) is 11.5. The summed E-state index contributed by atoms with van der Waals surface area (Å²) in [6.07, 6.45) is 19.7. The molecular weight excluding hydrogens is 675 g/mol. The first-order valence-corrected chi connectivity index (χ1v) is 22.2. The number of carbonyl (C=O) groups is 2. The second-order valence-electron chi connectivity index (χ2n) is 17.5. The van der Waals surface area contributed by atoms with Crippen LogP contribution in [0.4, 0.5) is 0 Å². The lowest BCUT2D eigenvalue weighted by atomic mass is 9.44. The summed E-state index contributed by atoms with van der Waals surface area (Å²) >= 11 is 0. The van der Waals surface area contributed by atoms with Gasteiger partial charge >= 0.3 is 5.97 Å². The largest absolute Gasteiger partial charge is 0.508 e. The number of phenols is 1. The molecule has 0 saturated heterocycles. The van der Waals surface area contributed by atoms with E-state index in [1.54, 1.807) is 24.3 Å². The number of amides is 1. The number of aromatic hydroxyl groups is 1. The second kappa shape index (κ2) is 22.5. The summed E-state index contributed by atoms with van der Waals surface area (Å²) < 4.78 is 4.99. The Kier molecular flexibility index (Phi) is 18.6. The predicted molar refractivity (Wildman–Crippen MR) is 221 cm³/mol. The first kappa shape index (κ1) is 44.5. The molecule has 0 bridgehead atoms. The van der Waals surface area contributed by atoms with Gasteiger partial charge in [0, 0.05) is 18.9 Å². The third-order valence-corrected chi connectivity index (χ3v) is 14.5. The van der Waals surface area contributed by atoms with Crippen molar-refractivity contribution < 1.29 is 19.4 Å². The molecule has 0 heterocycles. The predicted octanol–water partition coefficient (Wildman–Crippen LogP) is 7.10. The van der Waals surface area contributed by atoms with Crippen molar-refractivity contribution in [2.24, 2.45) is 46.2 Å². The molecule has 0 aliphatic heterocycles. The zero-order chi connectivity index (χ0) is 39.0. The van der Waals surface area contributed by atoms with Crippen LogP contribution in [0.5, 0.6) is 5.75 Å². The van der Waals surface area contributed by atoms with Gasteiger partial charge < -0.3 is 36.8 Å². The number of methoxy groups -OCH3 is 1. The Bertz CT molecular complexity index is 1250. The molecule has 1 aromatic rings. The Hall–Kier alpha value is -2.20. The molecule has 9 heteroatoms. The van der Waals surface area contributed by atoms with E-state index >= 15 is 0 Å². The molecule has 7 N–H and O–H groups in total. The van der Waals surface area contributed by atoms with E-state index in [1.165, 1.54) is 84.2 Å². The molecule has 308 valence electrons. The third-order valence-electron chi connectivity index (χ3n) is 14.5. The van der Waals surface area contributed by atoms with Crippen molar-refractivity contribution >= 4 is 11.9 Å². The average Bonchev–Trinajstić information content (AvgIpc) is 3.52.